The fourth-order valence-corrected chi connectivity index (χ4v) is 1.88. The van der Waals surface area contributed by atoms with Crippen LogP contribution in [-0.2, 0) is 6.42 Å². The van der Waals surface area contributed by atoms with Gasteiger partial charge in [0.25, 0.3) is 0 Å². The number of hydrogen-bond donors (Lipinski definition) is 1. The molecule has 1 aromatic rings. The topological polar surface area (TPSA) is 31.9 Å². The first kappa shape index (κ1) is 8.75. The number of likely N-dealkylation sites (tertiary alicyclic amines) is 1. The standard InChI is InChI=1S/C10H17N3/c1-2-5-13(6-3-1)7-4-10-8-11-9-12-10/h8-9H,1-7H2,(H,11,12). The summed E-state index contributed by atoms with van der Waals surface area (Å²) in [5, 5.41) is 0. The van der Waals surface area contributed by atoms with Crippen LogP contribution in [0.1, 0.15) is 25.0 Å². The Morgan fingerprint density at radius 2 is 2.15 bits per heavy atom. The molecule has 0 atom stereocenters. The van der Waals surface area contributed by atoms with Gasteiger partial charge in [-0.05, 0) is 25.9 Å². The van der Waals surface area contributed by atoms with E-state index in [2.05, 4.69) is 14.9 Å². The Bertz CT molecular complexity index is 224. The van der Waals surface area contributed by atoms with Crippen molar-refractivity contribution >= 4 is 0 Å². The molecule has 0 unspecified atom stereocenters. The zero-order chi connectivity index (χ0) is 8.93. The third-order valence-electron chi connectivity index (χ3n) is 2.70. The lowest BCUT2D eigenvalue weighted by Crippen LogP contribution is -2.31. The normalized spacial score (nSPS) is 19.1. The van der Waals surface area contributed by atoms with Crippen LogP contribution in [0.3, 0.4) is 0 Å². The summed E-state index contributed by atoms with van der Waals surface area (Å²) in [6.45, 7) is 3.75. The van der Waals surface area contributed by atoms with Crippen molar-refractivity contribution in [3.63, 3.8) is 0 Å². The predicted octanol–water partition coefficient (Wildman–Crippen LogP) is 1.44. The zero-order valence-corrected chi connectivity index (χ0v) is 8.00. The number of piperidine rings is 1. The molecule has 0 radical (unpaired) electrons. The lowest BCUT2D eigenvalue weighted by atomic mass is 10.1. The van der Waals surface area contributed by atoms with E-state index in [9.17, 15) is 0 Å². The first-order valence-electron chi connectivity index (χ1n) is 5.15. The highest BCUT2D eigenvalue weighted by Gasteiger charge is 2.09. The highest BCUT2D eigenvalue weighted by Crippen LogP contribution is 2.08. The number of nitrogens with one attached hydrogen (secondary N) is 1. The van der Waals surface area contributed by atoms with E-state index in [0.717, 1.165) is 6.42 Å². The molecule has 0 aliphatic carbocycles. The third kappa shape index (κ3) is 2.56. The van der Waals surface area contributed by atoms with Crippen molar-refractivity contribution in [2.24, 2.45) is 0 Å². The van der Waals surface area contributed by atoms with Gasteiger partial charge in [0.2, 0.25) is 0 Å². The number of aromatic amines is 1. The summed E-state index contributed by atoms with van der Waals surface area (Å²) in [6, 6.07) is 0. The summed E-state index contributed by atoms with van der Waals surface area (Å²) >= 11 is 0. The predicted molar refractivity (Wildman–Crippen MR) is 52.6 cm³/mol. The molecule has 1 N–H and O–H groups in total. The molecule has 2 rings (SSSR count). The van der Waals surface area contributed by atoms with Gasteiger partial charge in [-0.3, -0.25) is 0 Å². The van der Waals surface area contributed by atoms with Crippen LogP contribution in [0.4, 0.5) is 0 Å². The first-order valence-corrected chi connectivity index (χ1v) is 5.15. The van der Waals surface area contributed by atoms with E-state index in [1.54, 1.807) is 6.33 Å². The summed E-state index contributed by atoms with van der Waals surface area (Å²) in [6.07, 6.45) is 8.96. The number of nitrogens with zero attached hydrogens (tertiary/aromatic N) is 2. The van der Waals surface area contributed by atoms with Gasteiger partial charge in [-0.2, -0.15) is 0 Å². The molecule has 0 amide bonds. The van der Waals surface area contributed by atoms with E-state index < -0.39 is 0 Å². The van der Waals surface area contributed by atoms with Crippen molar-refractivity contribution in [3.05, 3.63) is 18.2 Å². The van der Waals surface area contributed by atoms with Gasteiger partial charge in [-0.15, -0.1) is 0 Å². The Morgan fingerprint density at radius 1 is 1.31 bits per heavy atom. The molecule has 72 valence electrons. The van der Waals surface area contributed by atoms with Crippen molar-refractivity contribution in [1.82, 2.24) is 14.9 Å². The molecule has 3 heteroatoms. The molecule has 1 aliphatic rings. The van der Waals surface area contributed by atoms with Crippen LogP contribution in [0.25, 0.3) is 0 Å². The number of imidazole rings is 1. The van der Waals surface area contributed by atoms with Gasteiger partial charge < -0.3 is 9.88 Å². The molecule has 0 bridgehead atoms. The molecule has 0 saturated carbocycles. The number of H-pyrrole nitrogens is 1. The maximum Gasteiger partial charge on any atom is 0.0921 e. The lowest BCUT2D eigenvalue weighted by Gasteiger charge is -2.25. The second-order valence-electron chi connectivity index (χ2n) is 3.73. The quantitative estimate of drug-likeness (QED) is 0.761. The average molecular weight is 179 g/mol. The van der Waals surface area contributed by atoms with Crippen molar-refractivity contribution in [2.75, 3.05) is 19.6 Å². The Kier molecular flexibility index (Phi) is 2.98. The number of hydrogen-bond acceptors (Lipinski definition) is 2. The largest absolute Gasteiger partial charge is 0.348 e. The molecule has 0 spiro atoms. The summed E-state index contributed by atoms with van der Waals surface area (Å²) in [4.78, 5) is 9.70. The monoisotopic (exact) mass is 179 g/mol. The molecule has 1 aromatic heterocycles. The molecule has 0 aromatic carbocycles. The maximum atomic E-state index is 4.01. The minimum absolute atomic E-state index is 1.11. The van der Waals surface area contributed by atoms with E-state index >= 15 is 0 Å². The SMILES string of the molecule is c1ncc(CCN2CCCCC2)[nH]1. The lowest BCUT2D eigenvalue weighted by molar-refractivity contribution is 0.231. The van der Waals surface area contributed by atoms with Crippen LogP contribution in [0.2, 0.25) is 0 Å². The molecule has 1 fully saturated rings. The molecular weight excluding hydrogens is 162 g/mol. The fraction of sp³-hybridized carbons (Fsp3) is 0.700. The summed E-state index contributed by atoms with van der Waals surface area (Å²) in [7, 11) is 0. The van der Waals surface area contributed by atoms with E-state index in [0.29, 0.717) is 0 Å². The number of rotatable bonds is 3. The van der Waals surface area contributed by atoms with Gasteiger partial charge in [-0.1, -0.05) is 6.42 Å². The van der Waals surface area contributed by atoms with Crippen LogP contribution in [0, 0.1) is 0 Å². The minimum atomic E-state index is 1.11. The number of aromatic nitrogens is 2. The Morgan fingerprint density at radius 3 is 2.85 bits per heavy atom. The van der Waals surface area contributed by atoms with Crippen molar-refractivity contribution in [2.45, 2.75) is 25.7 Å². The highest BCUT2D eigenvalue weighted by atomic mass is 15.1. The van der Waals surface area contributed by atoms with Gasteiger partial charge in [-0.25, -0.2) is 4.98 Å². The second kappa shape index (κ2) is 4.42. The van der Waals surface area contributed by atoms with E-state index in [-0.39, 0.29) is 0 Å². The highest BCUT2D eigenvalue weighted by molar-refractivity contribution is 4.94. The van der Waals surface area contributed by atoms with E-state index in [1.807, 2.05) is 6.20 Å². The zero-order valence-electron chi connectivity index (χ0n) is 8.00. The molecule has 1 aliphatic heterocycles. The fourth-order valence-electron chi connectivity index (χ4n) is 1.88. The van der Waals surface area contributed by atoms with Gasteiger partial charge in [0.05, 0.1) is 6.33 Å². The van der Waals surface area contributed by atoms with Crippen molar-refractivity contribution in [1.29, 1.82) is 0 Å². The average Bonchev–Trinajstić information content (AvgIpc) is 2.69. The summed E-state index contributed by atoms with van der Waals surface area (Å²) in [5.41, 5.74) is 1.26. The summed E-state index contributed by atoms with van der Waals surface area (Å²) in [5.74, 6) is 0. The molecular formula is C10H17N3. The van der Waals surface area contributed by atoms with Crippen LogP contribution in [0.5, 0.6) is 0 Å². The van der Waals surface area contributed by atoms with E-state index in [4.69, 9.17) is 0 Å². The van der Waals surface area contributed by atoms with Gasteiger partial charge in [0, 0.05) is 24.9 Å². The molecule has 1 saturated heterocycles. The molecule has 2 heterocycles. The Balaban J connectivity index is 1.72. The first-order chi connectivity index (χ1) is 6.45. The minimum Gasteiger partial charge on any atom is -0.348 e. The van der Waals surface area contributed by atoms with Crippen molar-refractivity contribution in [3.8, 4) is 0 Å². The van der Waals surface area contributed by atoms with Crippen LogP contribution >= 0.6 is 0 Å². The second-order valence-corrected chi connectivity index (χ2v) is 3.73. The van der Waals surface area contributed by atoms with Crippen LogP contribution in [-0.4, -0.2) is 34.5 Å². The van der Waals surface area contributed by atoms with Crippen molar-refractivity contribution < 1.29 is 0 Å². The maximum absolute atomic E-state index is 4.01. The van der Waals surface area contributed by atoms with Gasteiger partial charge in [0.1, 0.15) is 0 Å². The van der Waals surface area contributed by atoms with Crippen LogP contribution in [0.15, 0.2) is 12.5 Å². The van der Waals surface area contributed by atoms with Crippen LogP contribution < -0.4 is 0 Å². The van der Waals surface area contributed by atoms with Gasteiger partial charge >= 0.3 is 0 Å². The van der Waals surface area contributed by atoms with E-state index in [1.165, 1.54) is 44.6 Å². The summed E-state index contributed by atoms with van der Waals surface area (Å²) < 4.78 is 0. The Hall–Kier alpha value is -0.830. The molecule has 13 heavy (non-hydrogen) atoms. The van der Waals surface area contributed by atoms with Gasteiger partial charge in [0.15, 0.2) is 0 Å². The molecule has 3 nitrogen and oxygen atoms in total. The smallest absolute Gasteiger partial charge is 0.0921 e. The Labute approximate surface area is 79.2 Å². The third-order valence-corrected chi connectivity index (χ3v) is 2.70.